The normalized spacial score (nSPS) is 13.3. The summed E-state index contributed by atoms with van der Waals surface area (Å²) < 4.78 is 0. The van der Waals surface area contributed by atoms with Crippen LogP contribution in [0.3, 0.4) is 0 Å². The smallest absolute Gasteiger partial charge is 0.0872 e. The standard InChI is InChI=1S/C12H21N3Si/c1-12(2,3)16(4,5)11-8-6-7-10(9-11)14-15-13/h6-9H,1-5H3,(H2,13,14). The molecule has 0 aliphatic heterocycles. The van der Waals surface area contributed by atoms with E-state index in [0.29, 0.717) is 5.04 Å². The molecular weight excluding hydrogens is 214 g/mol. The third kappa shape index (κ3) is 2.50. The third-order valence-corrected chi connectivity index (χ3v) is 9.12. The Hall–Kier alpha value is -1.16. The highest BCUT2D eigenvalue weighted by Gasteiger charge is 2.36. The van der Waals surface area contributed by atoms with Gasteiger partial charge in [0, 0.05) is 0 Å². The van der Waals surface area contributed by atoms with Crippen molar-refractivity contribution in [3.05, 3.63) is 24.3 Å². The van der Waals surface area contributed by atoms with Gasteiger partial charge in [-0.3, -0.25) is 0 Å². The van der Waals surface area contributed by atoms with E-state index in [-0.39, 0.29) is 0 Å². The van der Waals surface area contributed by atoms with Gasteiger partial charge in [0.15, 0.2) is 0 Å². The zero-order chi connectivity index (χ0) is 12.4. The van der Waals surface area contributed by atoms with Crippen molar-refractivity contribution in [1.29, 1.82) is 0 Å². The van der Waals surface area contributed by atoms with Gasteiger partial charge < -0.3 is 5.84 Å². The van der Waals surface area contributed by atoms with Gasteiger partial charge in [0.1, 0.15) is 0 Å². The molecule has 0 spiro atoms. The van der Waals surface area contributed by atoms with Gasteiger partial charge in [-0.1, -0.05) is 56.4 Å². The second kappa shape index (κ2) is 4.37. The van der Waals surface area contributed by atoms with Crippen molar-refractivity contribution >= 4 is 18.9 Å². The van der Waals surface area contributed by atoms with Crippen LogP contribution in [0.15, 0.2) is 34.6 Å². The fourth-order valence-corrected chi connectivity index (χ4v) is 3.34. The summed E-state index contributed by atoms with van der Waals surface area (Å²) in [6.45, 7) is 11.7. The highest BCUT2D eigenvalue weighted by molar-refractivity contribution is 6.92. The predicted octanol–water partition coefficient (Wildman–Crippen LogP) is 3.36. The van der Waals surface area contributed by atoms with E-state index in [9.17, 15) is 0 Å². The molecule has 0 atom stereocenters. The van der Waals surface area contributed by atoms with Crippen molar-refractivity contribution < 1.29 is 0 Å². The average molecular weight is 235 g/mol. The largest absolute Gasteiger partial charge is 0.305 e. The zero-order valence-corrected chi connectivity index (χ0v) is 11.8. The molecule has 0 bridgehead atoms. The van der Waals surface area contributed by atoms with Crippen molar-refractivity contribution in [3.63, 3.8) is 0 Å². The van der Waals surface area contributed by atoms with Crippen LogP contribution in [0, 0.1) is 0 Å². The summed E-state index contributed by atoms with van der Waals surface area (Å²) >= 11 is 0. The Kier molecular flexibility index (Phi) is 3.53. The van der Waals surface area contributed by atoms with Crippen LogP contribution in [-0.2, 0) is 0 Å². The van der Waals surface area contributed by atoms with Gasteiger partial charge in [-0.15, -0.1) is 5.11 Å². The van der Waals surface area contributed by atoms with Crippen LogP contribution in [0.5, 0.6) is 0 Å². The van der Waals surface area contributed by atoms with E-state index < -0.39 is 8.07 Å². The number of hydrogen-bond acceptors (Lipinski definition) is 2. The average Bonchev–Trinajstić information content (AvgIpc) is 2.17. The monoisotopic (exact) mass is 235 g/mol. The van der Waals surface area contributed by atoms with Gasteiger partial charge in [-0.2, -0.15) is 0 Å². The molecule has 0 aliphatic rings. The first-order chi connectivity index (χ1) is 7.29. The second-order valence-electron chi connectivity index (χ2n) is 5.64. The van der Waals surface area contributed by atoms with E-state index in [1.165, 1.54) is 5.19 Å². The minimum Gasteiger partial charge on any atom is -0.305 e. The van der Waals surface area contributed by atoms with Crippen molar-refractivity contribution in [2.45, 2.75) is 38.9 Å². The molecule has 0 fully saturated rings. The molecule has 1 aromatic carbocycles. The Labute approximate surface area is 98.8 Å². The van der Waals surface area contributed by atoms with Gasteiger partial charge in [0.05, 0.1) is 13.8 Å². The van der Waals surface area contributed by atoms with Crippen LogP contribution < -0.4 is 11.0 Å². The highest BCUT2D eigenvalue weighted by Crippen LogP contribution is 2.35. The van der Waals surface area contributed by atoms with Crippen LogP contribution in [-0.4, -0.2) is 8.07 Å². The van der Waals surface area contributed by atoms with E-state index in [4.69, 9.17) is 5.84 Å². The predicted molar refractivity (Wildman–Crippen MR) is 72.0 cm³/mol. The Morgan fingerprint density at radius 2 is 1.81 bits per heavy atom. The minimum atomic E-state index is -1.48. The quantitative estimate of drug-likeness (QED) is 0.363. The molecule has 0 saturated heterocycles. The summed E-state index contributed by atoms with van der Waals surface area (Å²) in [5.41, 5.74) is 0.838. The van der Waals surface area contributed by atoms with E-state index in [1.54, 1.807) is 0 Å². The molecule has 1 aromatic rings. The van der Waals surface area contributed by atoms with Crippen LogP contribution >= 0.6 is 0 Å². The molecule has 2 N–H and O–H groups in total. The summed E-state index contributed by atoms with van der Waals surface area (Å²) in [7, 11) is -1.48. The molecule has 4 heteroatoms. The maximum absolute atomic E-state index is 5.08. The maximum atomic E-state index is 5.08. The van der Waals surface area contributed by atoms with Gasteiger partial charge in [0.25, 0.3) is 0 Å². The third-order valence-electron chi connectivity index (χ3n) is 3.62. The number of benzene rings is 1. The van der Waals surface area contributed by atoms with Gasteiger partial charge in [-0.05, 0) is 17.2 Å². The molecule has 0 aliphatic carbocycles. The van der Waals surface area contributed by atoms with Crippen molar-refractivity contribution in [1.82, 2.24) is 0 Å². The SMILES string of the molecule is CC(C)(C)[Si](C)(C)c1cccc(N=NN)c1. The minimum absolute atomic E-state index is 0.325. The summed E-state index contributed by atoms with van der Waals surface area (Å²) in [5, 5.41) is 8.94. The fourth-order valence-electron chi connectivity index (χ4n) is 1.46. The Balaban J connectivity index is 3.18. The molecule has 1 rings (SSSR count). The molecule has 0 saturated carbocycles. The molecular formula is C12H21N3Si. The fraction of sp³-hybridized carbons (Fsp3) is 0.500. The topological polar surface area (TPSA) is 50.7 Å². The van der Waals surface area contributed by atoms with E-state index in [1.807, 2.05) is 12.1 Å². The van der Waals surface area contributed by atoms with E-state index in [2.05, 4.69) is 56.3 Å². The molecule has 0 aromatic heterocycles. The second-order valence-corrected chi connectivity index (χ2v) is 11.0. The molecule has 88 valence electrons. The first-order valence-electron chi connectivity index (χ1n) is 5.50. The summed E-state index contributed by atoms with van der Waals surface area (Å²) in [6.07, 6.45) is 0. The Morgan fingerprint density at radius 1 is 1.19 bits per heavy atom. The summed E-state index contributed by atoms with van der Waals surface area (Å²) in [6, 6.07) is 8.24. The molecule has 16 heavy (non-hydrogen) atoms. The number of hydrogen-bond donors (Lipinski definition) is 1. The molecule has 0 unspecified atom stereocenters. The first kappa shape index (κ1) is 12.9. The van der Waals surface area contributed by atoms with Crippen molar-refractivity contribution in [2.75, 3.05) is 0 Å². The maximum Gasteiger partial charge on any atom is 0.0872 e. The number of rotatable bonds is 2. The van der Waals surface area contributed by atoms with E-state index >= 15 is 0 Å². The lowest BCUT2D eigenvalue weighted by molar-refractivity contribution is 0.729. The van der Waals surface area contributed by atoms with Crippen LogP contribution in [0.1, 0.15) is 20.8 Å². The van der Waals surface area contributed by atoms with Gasteiger partial charge in [0.2, 0.25) is 0 Å². The van der Waals surface area contributed by atoms with Crippen LogP contribution in [0.2, 0.25) is 18.1 Å². The lowest BCUT2D eigenvalue weighted by atomic mass is 10.2. The molecule has 0 heterocycles. The summed E-state index contributed by atoms with van der Waals surface area (Å²) in [4.78, 5) is 0. The highest BCUT2D eigenvalue weighted by atomic mass is 28.3. The van der Waals surface area contributed by atoms with Crippen LogP contribution in [0.4, 0.5) is 5.69 Å². The van der Waals surface area contributed by atoms with E-state index in [0.717, 1.165) is 5.69 Å². The number of nitrogens with zero attached hydrogens (tertiary/aromatic N) is 2. The summed E-state index contributed by atoms with van der Waals surface area (Å²) in [5.74, 6) is 5.08. The lowest BCUT2D eigenvalue weighted by Crippen LogP contribution is -2.49. The Morgan fingerprint density at radius 3 is 2.31 bits per heavy atom. The van der Waals surface area contributed by atoms with Gasteiger partial charge >= 0.3 is 0 Å². The lowest BCUT2D eigenvalue weighted by Gasteiger charge is -2.37. The zero-order valence-electron chi connectivity index (χ0n) is 10.8. The molecule has 3 nitrogen and oxygen atoms in total. The van der Waals surface area contributed by atoms with Gasteiger partial charge in [-0.25, -0.2) is 0 Å². The number of nitrogens with two attached hydrogens (primary N) is 1. The van der Waals surface area contributed by atoms with Crippen molar-refractivity contribution in [2.24, 2.45) is 16.2 Å². The van der Waals surface area contributed by atoms with Crippen molar-refractivity contribution in [3.8, 4) is 0 Å². The Bertz CT molecular complexity index is 391. The first-order valence-corrected chi connectivity index (χ1v) is 8.50. The van der Waals surface area contributed by atoms with Crippen LogP contribution in [0.25, 0.3) is 0 Å². The molecule has 0 amide bonds. The molecule has 0 radical (unpaired) electrons.